The van der Waals surface area contributed by atoms with E-state index in [0.29, 0.717) is 0 Å². The summed E-state index contributed by atoms with van der Waals surface area (Å²) >= 11 is 5.41. The van der Waals surface area contributed by atoms with Crippen LogP contribution in [0.2, 0.25) is 0 Å². The van der Waals surface area contributed by atoms with Gasteiger partial charge in [-0.1, -0.05) is 44.3 Å². The fourth-order valence-corrected chi connectivity index (χ4v) is 4.99. The SMILES string of the molecule is CN1CC(C)(C)C(C=S)C2C3=Cc4cccc(F)c4C3=CC=C21. The third-order valence-electron chi connectivity index (χ3n) is 5.51. The first kappa shape index (κ1) is 14.8. The Morgan fingerprint density at radius 2 is 2.09 bits per heavy atom. The summed E-state index contributed by atoms with van der Waals surface area (Å²) in [5, 5.41) is 1.93. The summed E-state index contributed by atoms with van der Waals surface area (Å²) in [5.74, 6) is 0.347. The molecule has 1 nitrogen and oxygen atoms in total. The van der Waals surface area contributed by atoms with Gasteiger partial charge in [0.25, 0.3) is 0 Å². The van der Waals surface area contributed by atoms with Crippen molar-refractivity contribution >= 4 is 29.2 Å². The number of thiocarbonyl (C=S) groups is 1. The van der Waals surface area contributed by atoms with E-state index in [-0.39, 0.29) is 23.1 Å². The number of halogens is 1. The highest BCUT2D eigenvalue weighted by molar-refractivity contribution is 7.79. The first-order valence-electron chi connectivity index (χ1n) is 8.03. The molecule has 3 heteroatoms. The van der Waals surface area contributed by atoms with Crippen molar-refractivity contribution in [2.75, 3.05) is 13.6 Å². The minimum Gasteiger partial charge on any atom is -0.377 e. The first-order valence-corrected chi connectivity index (χ1v) is 8.50. The highest BCUT2D eigenvalue weighted by atomic mass is 32.1. The third-order valence-corrected chi connectivity index (χ3v) is 5.80. The molecule has 0 N–H and O–H groups in total. The van der Waals surface area contributed by atoms with Crippen LogP contribution >= 0.6 is 12.2 Å². The summed E-state index contributed by atoms with van der Waals surface area (Å²) in [4.78, 5) is 2.33. The summed E-state index contributed by atoms with van der Waals surface area (Å²) in [6.07, 6.45) is 6.38. The number of fused-ring (bicyclic) bond motifs is 5. The van der Waals surface area contributed by atoms with Crippen LogP contribution in [-0.4, -0.2) is 23.9 Å². The maximum absolute atomic E-state index is 14.4. The lowest BCUT2D eigenvalue weighted by Crippen LogP contribution is -2.49. The van der Waals surface area contributed by atoms with Crippen molar-refractivity contribution in [1.29, 1.82) is 0 Å². The Labute approximate surface area is 142 Å². The van der Waals surface area contributed by atoms with Gasteiger partial charge in [-0.05, 0) is 45.7 Å². The third kappa shape index (κ3) is 1.99. The smallest absolute Gasteiger partial charge is 0.131 e. The summed E-state index contributed by atoms with van der Waals surface area (Å²) in [7, 11) is 2.14. The topological polar surface area (TPSA) is 3.24 Å². The number of hydrogen-bond donors (Lipinski definition) is 0. The highest BCUT2D eigenvalue weighted by Crippen LogP contribution is 2.53. The van der Waals surface area contributed by atoms with E-state index < -0.39 is 0 Å². The maximum atomic E-state index is 14.4. The Hall–Kier alpha value is -1.74. The molecule has 0 saturated carbocycles. The van der Waals surface area contributed by atoms with Crippen LogP contribution in [0.1, 0.15) is 25.0 Å². The predicted molar refractivity (Wildman–Crippen MR) is 97.5 cm³/mol. The van der Waals surface area contributed by atoms with E-state index in [1.165, 1.54) is 11.3 Å². The lowest BCUT2D eigenvalue weighted by atomic mass is 9.64. The molecule has 3 aliphatic rings. The van der Waals surface area contributed by atoms with E-state index in [1.54, 1.807) is 12.1 Å². The first-order chi connectivity index (χ1) is 10.9. The molecule has 1 aromatic rings. The van der Waals surface area contributed by atoms with Crippen LogP contribution in [0.5, 0.6) is 0 Å². The molecule has 1 aliphatic heterocycles. The zero-order valence-electron chi connectivity index (χ0n) is 13.6. The van der Waals surface area contributed by atoms with Crippen molar-refractivity contribution in [3.63, 3.8) is 0 Å². The van der Waals surface area contributed by atoms with Crippen LogP contribution in [0.25, 0.3) is 11.6 Å². The van der Waals surface area contributed by atoms with Gasteiger partial charge in [-0.3, -0.25) is 0 Å². The van der Waals surface area contributed by atoms with Gasteiger partial charge < -0.3 is 4.90 Å². The van der Waals surface area contributed by atoms with E-state index in [1.807, 2.05) is 11.4 Å². The Morgan fingerprint density at radius 3 is 2.83 bits per heavy atom. The molecule has 1 saturated heterocycles. The number of hydrogen-bond acceptors (Lipinski definition) is 2. The van der Waals surface area contributed by atoms with Crippen molar-refractivity contribution < 1.29 is 4.39 Å². The largest absolute Gasteiger partial charge is 0.377 e. The molecule has 0 radical (unpaired) electrons. The van der Waals surface area contributed by atoms with E-state index in [9.17, 15) is 4.39 Å². The molecule has 2 atom stereocenters. The van der Waals surface area contributed by atoms with Gasteiger partial charge in [0.1, 0.15) is 5.82 Å². The van der Waals surface area contributed by atoms with Gasteiger partial charge in [-0.2, -0.15) is 0 Å². The van der Waals surface area contributed by atoms with E-state index in [4.69, 9.17) is 12.2 Å². The Bertz CT molecular complexity index is 800. The summed E-state index contributed by atoms with van der Waals surface area (Å²) < 4.78 is 14.4. The summed E-state index contributed by atoms with van der Waals surface area (Å²) in [5.41, 5.74) is 5.35. The number of piperidine rings is 1. The molecular formula is C20H20FNS. The summed E-state index contributed by atoms with van der Waals surface area (Å²) in [6.45, 7) is 5.52. The minimum atomic E-state index is -0.140. The van der Waals surface area contributed by atoms with Crippen LogP contribution in [-0.2, 0) is 0 Å². The zero-order valence-corrected chi connectivity index (χ0v) is 14.5. The molecule has 1 heterocycles. The predicted octanol–water partition coefficient (Wildman–Crippen LogP) is 4.71. The molecule has 1 aromatic carbocycles. The fraction of sp³-hybridized carbons (Fsp3) is 0.350. The van der Waals surface area contributed by atoms with Crippen molar-refractivity contribution in [2.45, 2.75) is 13.8 Å². The molecule has 0 amide bonds. The Morgan fingerprint density at radius 1 is 1.30 bits per heavy atom. The van der Waals surface area contributed by atoms with E-state index in [0.717, 1.165) is 23.2 Å². The van der Waals surface area contributed by atoms with Gasteiger partial charge in [0.2, 0.25) is 0 Å². The lowest BCUT2D eigenvalue weighted by molar-refractivity contribution is 0.117. The van der Waals surface area contributed by atoms with Crippen LogP contribution in [0, 0.1) is 23.1 Å². The normalized spacial score (nSPS) is 27.3. The van der Waals surface area contributed by atoms with Crippen molar-refractivity contribution in [3.8, 4) is 0 Å². The van der Waals surface area contributed by atoms with E-state index >= 15 is 0 Å². The van der Waals surface area contributed by atoms with Gasteiger partial charge >= 0.3 is 0 Å². The van der Waals surface area contributed by atoms with Gasteiger partial charge in [-0.15, -0.1) is 0 Å². The monoisotopic (exact) mass is 325 g/mol. The molecule has 0 bridgehead atoms. The number of likely N-dealkylation sites (tertiary alicyclic amines) is 1. The molecule has 0 aromatic heterocycles. The quantitative estimate of drug-likeness (QED) is 0.688. The summed E-state index contributed by atoms with van der Waals surface area (Å²) in [6, 6.07) is 5.32. The zero-order chi connectivity index (χ0) is 16.4. The number of rotatable bonds is 1. The molecule has 1 fully saturated rings. The van der Waals surface area contributed by atoms with Crippen molar-refractivity contribution in [3.05, 3.63) is 58.6 Å². The average Bonchev–Trinajstić information content (AvgIpc) is 2.86. The molecule has 118 valence electrons. The molecule has 4 rings (SSSR count). The molecule has 0 spiro atoms. The molecule has 23 heavy (non-hydrogen) atoms. The van der Waals surface area contributed by atoms with Crippen LogP contribution in [0.3, 0.4) is 0 Å². The number of allylic oxidation sites excluding steroid dienone is 4. The lowest BCUT2D eigenvalue weighted by Gasteiger charge is -2.50. The van der Waals surface area contributed by atoms with Crippen LogP contribution < -0.4 is 0 Å². The fourth-order valence-electron chi connectivity index (χ4n) is 4.47. The number of nitrogens with zero attached hydrogens (tertiary/aromatic N) is 1. The minimum absolute atomic E-state index is 0.0924. The van der Waals surface area contributed by atoms with Gasteiger partial charge in [0, 0.05) is 36.7 Å². The van der Waals surface area contributed by atoms with Crippen molar-refractivity contribution in [2.24, 2.45) is 17.3 Å². The van der Waals surface area contributed by atoms with Crippen molar-refractivity contribution in [1.82, 2.24) is 4.90 Å². The standard InChI is InChI=1S/C20H20FNS/c1-20(2)11-22(3)17-8-7-13-14(19(17)15(20)10-23)9-12-5-4-6-16(21)18(12)13/h4-10,15,19H,11H2,1-3H3. The van der Waals surface area contributed by atoms with E-state index in [2.05, 4.69) is 44.0 Å². The molecule has 2 unspecified atom stereocenters. The second-order valence-corrected chi connectivity index (χ2v) is 7.73. The van der Waals surface area contributed by atoms with Gasteiger partial charge in [-0.25, -0.2) is 4.39 Å². The second kappa shape index (κ2) is 4.88. The molecular weight excluding hydrogens is 305 g/mol. The maximum Gasteiger partial charge on any atom is 0.131 e. The van der Waals surface area contributed by atoms with Gasteiger partial charge in [0.05, 0.1) is 0 Å². The highest BCUT2D eigenvalue weighted by Gasteiger charge is 2.46. The second-order valence-electron chi connectivity index (χ2n) is 7.46. The van der Waals surface area contributed by atoms with Crippen LogP contribution in [0.4, 0.5) is 4.39 Å². The van der Waals surface area contributed by atoms with Crippen LogP contribution in [0.15, 0.2) is 41.6 Å². The Balaban J connectivity index is 1.91. The number of benzene rings is 1. The average molecular weight is 325 g/mol. The Kier molecular flexibility index (Phi) is 3.14. The van der Waals surface area contributed by atoms with Gasteiger partial charge in [0.15, 0.2) is 0 Å². The molecule has 2 aliphatic carbocycles.